The first-order valence-corrected chi connectivity index (χ1v) is 7.82. The normalized spacial score (nSPS) is 21.7. The maximum absolute atomic E-state index is 11.1. The molecule has 1 aromatic rings. The van der Waals surface area contributed by atoms with E-state index in [1.165, 1.54) is 19.1 Å². The summed E-state index contributed by atoms with van der Waals surface area (Å²) in [5.41, 5.74) is 2.32. The number of amides is 1. The first-order chi connectivity index (χ1) is 8.94. The van der Waals surface area contributed by atoms with E-state index in [4.69, 9.17) is 0 Å². The highest BCUT2D eigenvalue weighted by molar-refractivity contribution is 7.99. The highest BCUT2D eigenvalue weighted by atomic mass is 32.2. The summed E-state index contributed by atoms with van der Waals surface area (Å²) < 4.78 is 0. The zero-order chi connectivity index (χ0) is 13.9. The number of hydrogen-bond acceptors (Lipinski definition) is 3. The molecule has 2 N–H and O–H groups in total. The molecule has 0 aromatic heterocycles. The van der Waals surface area contributed by atoms with Crippen molar-refractivity contribution in [2.45, 2.75) is 33.2 Å². The topological polar surface area (TPSA) is 41.1 Å². The number of hydrogen-bond donors (Lipinski definition) is 2. The zero-order valence-corrected chi connectivity index (χ0v) is 12.6. The molecule has 1 fully saturated rings. The monoisotopic (exact) mass is 278 g/mol. The molecule has 1 amide bonds. The van der Waals surface area contributed by atoms with Gasteiger partial charge in [0, 0.05) is 30.1 Å². The maximum Gasteiger partial charge on any atom is 0.221 e. The van der Waals surface area contributed by atoms with Gasteiger partial charge in [-0.2, -0.15) is 11.8 Å². The summed E-state index contributed by atoms with van der Waals surface area (Å²) in [5.74, 6) is 2.34. The highest BCUT2D eigenvalue weighted by Gasteiger charge is 2.28. The molecule has 0 saturated carbocycles. The third-order valence-corrected chi connectivity index (χ3v) is 4.79. The Morgan fingerprint density at radius 1 is 1.37 bits per heavy atom. The van der Waals surface area contributed by atoms with Crippen LogP contribution in [0.2, 0.25) is 0 Å². The molecule has 0 spiro atoms. The minimum absolute atomic E-state index is 0.0356. The number of rotatable bonds is 3. The van der Waals surface area contributed by atoms with Gasteiger partial charge in [0.05, 0.1) is 0 Å². The van der Waals surface area contributed by atoms with Crippen LogP contribution in [-0.4, -0.2) is 23.5 Å². The SMILES string of the molecule is CC(=O)Nc1cccc(NC2CSCC(C)(C)C2)c1. The molecule has 1 atom stereocenters. The van der Waals surface area contributed by atoms with Crippen molar-refractivity contribution in [3.63, 3.8) is 0 Å². The first kappa shape index (κ1) is 14.3. The molecule has 104 valence electrons. The summed E-state index contributed by atoms with van der Waals surface area (Å²) in [6.07, 6.45) is 1.18. The molecule has 1 aromatic carbocycles. The van der Waals surface area contributed by atoms with Crippen LogP contribution in [0, 0.1) is 5.41 Å². The Morgan fingerprint density at radius 3 is 2.79 bits per heavy atom. The molecule has 1 heterocycles. The average Bonchev–Trinajstić information content (AvgIpc) is 2.26. The quantitative estimate of drug-likeness (QED) is 0.888. The van der Waals surface area contributed by atoms with Gasteiger partial charge >= 0.3 is 0 Å². The Labute approximate surface area is 119 Å². The van der Waals surface area contributed by atoms with Crippen molar-refractivity contribution in [3.8, 4) is 0 Å². The molecule has 19 heavy (non-hydrogen) atoms. The lowest BCUT2D eigenvalue weighted by molar-refractivity contribution is -0.114. The van der Waals surface area contributed by atoms with Crippen LogP contribution in [0.25, 0.3) is 0 Å². The van der Waals surface area contributed by atoms with Gasteiger partial charge < -0.3 is 10.6 Å². The number of anilines is 2. The lowest BCUT2D eigenvalue weighted by atomic mass is 9.88. The van der Waals surface area contributed by atoms with Crippen LogP contribution in [0.3, 0.4) is 0 Å². The molecular weight excluding hydrogens is 256 g/mol. The predicted octanol–water partition coefficient (Wildman–Crippen LogP) is 3.59. The average molecular weight is 278 g/mol. The predicted molar refractivity (Wildman–Crippen MR) is 83.9 cm³/mol. The fraction of sp³-hybridized carbons (Fsp3) is 0.533. The fourth-order valence-corrected chi connectivity index (χ4v) is 3.75. The van der Waals surface area contributed by atoms with E-state index in [9.17, 15) is 4.79 Å². The van der Waals surface area contributed by atoms with Gasteiger partial charge in [0.25, 0.3) is 0 Å². The second-order valence-corrected chi connectivity index (χ2v) is 7.02. The molecule has 1 unspecified atom stereocenters. The van der Waals surface area contributed by atoms with Gasteiger partial charge in [-0.1, -0.05) is 19.9 Å². The van der Waals surface area contributed by atoms with E-state index in [0.717, 1.165) is 17.1 Å². The van der Waals surface area contributed by atoms with Crippen molar-refractivity contribution in [2.75, 3.05) is 22.1 Å². The lowest BCUT2D eigenvalue weighted by Crippen LogP contribution is -2.35. The van der Waals surface area contributed by atoms with Crippen molar-refractivity contribution in [3.05, 3.63) is 24.3 Å². The van der Waals surface area contributed by atoms with Gasteiger partial charge in [0.1, 0.15) is 0 Å². The van der Waals surface area contributed by atoms with Gasteiger partial charge in [0.15, 0.2) is 0 Å². The summed E-state index contributed by atoms with van der Waals surface area (Å²) in [5, 5.41) is 6.39. The van der Waals surface area contributed by atoms with E-state index < -0.39 is 0 Å². The molecule has 2 rings (SSSR count). The van der Waals surface area contributed by atoms with Crippen LogP contribution in [0.4, 0.5) is 11.4 Å². The number of carbonyl (C=O) groups excluding carboxylic acids is 1. The lowest BCUT2D eigenvalue weighted by Gasteiger charge is -2.35. The fourth-order valence-electron chi connectivity index (χ4n) is 2.48. The Morgan fingerprint density at radius 2 is 2.11 bits per heavy atom. The largest absolute Gasteiger partial charge is 0.381 e. The maximum atomic E-state index is 11.1. The third kappa shape index (κ3) is 4.46. The van der Waals surface area contributed by atoms with E-state index in [1.54, 1.807) is 0 Å². The second kappa shape index (κ2) is 5.87. The highest BCUT2D eigenvalue weighted by Crippen LogP contribution is 2.34. The van der Waals surface area contributed by atoms with Crippen LogP contribution < -0.4 is 10.6 Å². The summed E-state index contributed by atoms with van der Waals surface area (Å²) in [4.78, 5) is 11.1. The zero-order valence-electron chi connectivity index (χ0n) is 11.8. The molecule has 0 bridgehead atoms. The summed E-state index contributed by atoms with van der Waals surface area (Å²) in [6.45, 7) is 6.17. The molecule has 3 nitrogen and oxygen atoms in total. The Hall–Kier alpha value is -1.16. The van der Waals surface area contributed by atoms with Crippen molar-refractivity contribution < 1.29 is 4.79 Å². The summed E-state index contributed by atoms with van der Waals surface area (Å²) in [6, 6.07) is 8.42. The molecule has 0 radical (unpaired) electrons. The number of benzene rings is 1. The van der Waals surface area contributed by atoms with Crippen molar-refractivity contribution >= 4 is 29.0 Å². The molecular formula is C15H22N2OS. The minimum Gasteiger partial charge on any atom is -0.381 e. The summed E-state index contributed by atoms with van der Waals surface area (Å²) in [7, 11) is 0. The molecule has 1 aliphatic heterocycles. The minimum atomic E-state index is -0.0356. The number of thioether (sulfide) groups is 1. The van der Waals surface area contributed by atoms with E-state index in [0.29, 0.717) is 11.5 Å². The van der Waals surface area contributed by atoms with Gasteiger partial charge in [0.2, 0.25) is 5.91 Å². The Kier molecular flexibility index (Phi) is 4.40. The number of nitrogens with one attached hydrogen (secondary N) is 2. The van der Waals surface area contributed by atoms with Crippen LogP contribution in [-0.2, 0) is 4.79 Å². The van der Waals surface area contributed by atoms with E-state index >= 15 is 0 Å². The van der Waals surface area contributed by atoms with Crippen molar-refractivity contribution in [1.82, 2.24) is 0 Å². The second-order valence-electron chi connectivity index (χ2n) is 5.99. The molecule has 4 heteroatoms. The van der Waals surface area contributed by atoms with E-state index in [2.05, 4.69) is 30.5 Å². The molecule has 0 aliphatic carbocycles. The smallest absolute Gasteiger partial charge is 0.221 e. The summed E-state index contributed by atoms with van der Waals surface area (Å²) >= 11 is 2.01. The Balaban J connectivity index is 2.00. The molecule has 1 aliphatic rings. The number of carbonyl (C=O) groups is 1. The van der Waals surface area contributed by atoms with E-state index in [1.807, 2.05) is 30.0 Å². The van der Waals surface area contributed by atoms with Crippen LogP contribution in [0.1, 0.15) is 27.2 Å². The Bertz CT molecular complexity index is 459. The van der Waals surface area contributed by atoms with E-state index in [-0.39, 0.29) is 5.91 Å². The van der Waals surface area contributed by atoms with Crippen LogP contribution >= 0.6 is 11.8 Å². The van der Waals surface area contributed by atoms with Crippen LogP contribution in [0.15, 0.2) is 24.3 Å². The van der Waals surface area contributed by atoms with Gasteiger partial charge in [-0.25, -0.2) is 0 Å². The molecule has 1 saturated heterocycles. The van der Waals surface area contributed by atoms with Crippen LogP contribution in [0.5, 0.6) is 0 Å². The van der Waals surface area contributed by atoms with Gasteiger partial charge in [-0.3, -0.25) is 4.79 Å². The van der Waals surface area contributed by atoms with Crippen molar-refractivity contribution in [1.29, 1.82) is 0 Å². The standard InChI is InChI=1S/C15H22N2OS/c1-11(18)16-12-5-4-6-13(7-12)17-14-8-15(2,3)10-19-9-14/h4-7,14,17H,8-10H2,1-3H3,(H,16,18). The van der Waals surface area contributed by atoms with Gasteiger partial charge in [-0.05, 0) is 35.8 Å². The first-order valence-electron chi connectivity index (χ1n) is 6.67. The van der Waals surface area contributed by atoms with Gasteiger partial charge in [-0.15, -0.1) is 0 Å². The van der Waals surface area contributed by atoms with Crippen molar-refractivity contribution in [2.24, 2.45) is 5.41 Å². The third-order valence-electron chi connectivity index (χ3n) is 3.16.